The van der Waals surface area contributed by atoms with Crippen LogP contribution in [0.3, 0.4) is 0 Å². The summed E-state index contributed by atoms with van der Waals surface area (Å²) in [5, 5.41) is 74.7. The third kappa shape index (κ3) is 33.9. The van der Waals surface area contributed by atoms with Crippen LogP contribution in [0.5, 0.6) is 0 Å². The standard InChI is InChI=1S/2C22H40O7.3H2O/c2*1-2-3-4-5-6-7-8-9-10-11-12-13-14-15-16-18(20(25)26)22(29,21(27)28)17-19(23)24;;;/h2*18,29H,2-17H2,1H3,(H,23,24)(H,25,26)(H,27,28);3*1H2. The highest BCUT2D eigenvalue weighted by atomic mass is 16.4. The van der Waals surface area contributed by atoms with Crippen LogP contribution in [0.4, 0.5) is 0 Å². The molecule has 0 aliphatic rings. The van der Waals surface area contributed by atoms with Crippen LogP contribution in [0.25, 0.3) is 0 Å². The highest BCUT2D eigenvalue weighted by Crippen LogP contribution is 2.30. The van der Waals surface area contributed by atoms with Gasteiger partial charge in [0.2, 0.25) is 0 Å². The molecule has 0 aliphatic heterocycles. The van der Waals surface area contributed by atoms with Crippen molar-refractivity contribution in [2.75, 3.05) is 0 Å². The minimum atomic E-state index is -2.78. The Balaban J connectivity index is -0.000000327. The van der Waals surface area contributed by atoms with Crippen molar-refractivity contribution in [3.05, 3.63) is 0 Å². The van der Waals surface area contributed by atoms with Gasteiger partial charge in [-0.1, -0.05) is 194 Å². The molecule has 0 fully saturated rings. The van der Waals surface area contributed by atoms with Crippen LogP contribution in [-0.2, 0) is 28.8 Å². The van der Waals surface area contributed by atoms with E-state index in [2.05, 4.69) is 13.8 Å². The predicted molar refractivity (Wildman–Crippen MR) is 233 cm³/mol. The maximum Gasteiger partial charge on any atom is 0.337 e. The number of aliphatic carboxylic acids is 6. The normalized spacial score (nSPS) is 13.6. The third-order valence-corrected chi connectivity index (χ3v) is 11.0. The summed E-state index contributed by atoms with van der Waals surface area (Å²) < 4.78 is 0. The van der Waals surface area contributed by atoms with E-state index in [-0.39, 0.29) is 29.3 Å². The zero-order valence-corrected chi connectivity index (χ0v) is 37.3. The second-order valence-electron chi connectivity index (χ2n) is 16.2. The van der Waals surface area contributed by atoms with Crippen LogP contribution >= 0.6 is 0 Å². The number of hydrogen-bond acceptors (Lipinski definition) is 8. The molecule has 4 atom stereocenters. The van der Waals surface area contributed by atoms with Gasteiger partial charge in [0.25, 0.3) is 0 Å². The second kappa shape index (κ2) is 41.9. The molecule has 14 N–H and O–H groups in total. The summed E-state index contributed by atoms with van der Waals surface area (Å²) in [6.45, 7) is 4.44. The summed E-state index contributed by atoms with van der Waals surface area (Å²) in [4.78, 5) is 67.0. The fraction of sp³-hybridized carbons (Fsp3) is 0.864. The summed E-state index contributed by atoms with van der Waals surface area (Å²) in [6.07, 6.45) is 29.6. The van der Waals surface area contributed by atoms with Gasteiger partial charge in [-0.3, -0.25) is 19.2 Å². The van der Waals surface area contributed by atoms with Crippen LogP contribution in [0.2, 0.25) is 0 Å². The lowest BCUT2D eigenvalue weighted by Crippen LogP contribution is -2.50. The third-order valence-electron chi connectivity index (χ3n) is 11.0. The topological polar surface area (TPSA) is 359 Å². The molecule has 364 valence electrons. The molecule has 0 amide bonds. The molecular weight excluding hydrogens is 800 g/mol. The van der Waals surface area contributed by atoms with E-state index in [1.807, 2.05) is 0 Å². The van der Waals surface area contributed by atoms with E-state index in [0.29, 0.717) is 12.8 Å². The molecule has 0 radical (unpaired) electrons. The van der Waals surface area contributed by atoms with Gasteiger partial charge in [0.1, 0.15) is 0 Å². The van der Waals surface area contributed by atoms with Crippen LogP contribution < -0.4 is 0 Å². The van der Waals surface area contributed by atoms with Crippen LogP contribution in [0.15, 0.2) is 0 Å². The molecule has 17 heteroatoms. The lowest BCUT2D eigenvalue weighted by Gasteiger charge is -2.28. The number of unbranched alkanes of at least 4 members (excludes halogenated alkanes) is 26. The lowest BCUT2D eigenvalue weighted by molar-refractivity contribution is -0.179. The SMILES string of the molecule is CCCCCCCCCCCCCCCCC(C(=O)O)C(O)(CC(=O)O)C(=O)O.CCCCCCCCCCCCCCCCC(C(=O)O)C(O)(CC(=O)O)C(=O)O.O.O.O. The summed E-state index contributed by atoms with van der Waals surface area (Å²) in [6, 6.07) is 0. The second-order valence-corrected chi connectivity index (χ2v) is 16.2. The zero-order valence-electron chi connectivity index (χ0n) is 37.3. The fourth-order valence-corrected chi connectivity index (χ4v) is 7.38. The Morgan fingerprint density at radius 2 is 0.525 bits per heavy atom. The molecule has 4 unspecified atom stereocenters. The molecule has 0 aromatic rings. The van der Waals surface area contributed by atoms with E-state index in [1.165, 1.54) is 116 Å². The Hall–Kier alpha value is -3.38. The fourth-order valence-electron chi connectivity index (χ4n) is 7.38. The van der Waals surface area contributed by atoms with E-state index in [0.717, 1.165) is 51.4 Å². The van der Waals surface area contributed by atoms with E-state index in [1.54, 1.807) is 0 Å². The zero-order chi connectivity index (χ0) is 44.2. The van der Waals surface area contributed by atoms with Gasteiger partial charge in [-0.2, -0.15) is 0 Å². The minimum absolute atomic E-state index is 0. The monoisotopic (exact) mass is 887 g/mol. The summed E-state index contributed by atoms with van der Waals surface area (Å²) in [5.74, 6) is -12.9. The van der Waals surface area contributed by atoms with Crippen molar-refractivity contribution < 1.29 is 86.0 Å². The minimum Gasteiger partial charge on any atom is -0.481 e. The number of carbonyl (C=O) groups is 6. The molecule has 17 nitrogen and oxygen atoms in total. The molecule has 0 aliphatic carbocycles. The largest absolute Gasteiger partial charge is 0.481 e. The lowest BCUT2D eigenvalue weighted by atomic mass is 9.81. The first-order valence-electron chi connectivity index (χ1n) is 22.3. The Labute approximate surface area is 363 Å². The van der Waals surface area contributed by atoms with Gasteiger partial charge in [0.05, 0.1) is 24.7 Å². The first-order chi connectivity index (χ1) is 27.5. The molecule has 0 saturated carbocycles. The van der Waals surface area contributed by atoms with Gasteiger partial charge in [0.15, 0.2) is 11.2 Å². The highest BCUT2D eigenvalue weighted by Gasteiger charge is 2.50. The van der Waals surface area contributed by atoms with E-state index < -0.39 is 71.7 Å². The van der Waals surface area contributed by atoms with E-state index in [4.69, 9.17) is 20.4 Å². The molecule has 0 aromatic heterocycles. The Morgan fingerprint density at radius 1 is 0.344 bits per heavy atom. The van der Waals surface area contributed by atoms with E-state index in [9.17, 15) is 49.2 Å². The van der Waals surface area contributed by atoms with Crippen LogP contribution in [0, 0.1) is 11.8 Å². The van der Waals surface area contributed by atoms with Gasteiger partial charge in [0, 0.05) is 0 Å². The van der Waals surface area contributed by atoms with Gasteiger partial charge < -0.3 is 57.3 Å². The van der Waals surface area contributed by atoms with Crippen molar-refractivity contribution in [2.24, 2.45) is 11.8 Å². The summed E-state index contributed by atoms with van der Waals surface area (Å²) in [7, 11) is 0. The Morgan fingerprint density at radius 3 is 0.672 bits per heavy atom. The Bertz CT molecular complexity index is 1050. The molecule has 0 saturated heterocycles. The van der Waals surface area contributed by atoms with Crippen molar-refractivity contribution in [1.29, 1.82) is 0 Å². The summed E-state index contributed by atoms with van der Waals surface area (Å²) >= 11 is 0. The van der Waals surface area contributed by atoms with Crippen molar-refractivity contribution in [3.63, 3.8) is 0 Å². The number of carboxylic acid groups (broad SMARTS) is 6. The first-order valence-corrected chi connectivity index (χ1v) is 22.3. The molecule has 0 spiro atoms. The average molecular weight is 887 g/mol. The van der Waals surface area contributed by atoms with Gasteiger partial charge in [-0.25, -0.2) is 9.59 Å². The smallest absolute Gasteiger partial charge is 0.337 e. The number of rotatable bonds is 40. The number of aliphatic hydroxyl groups is 2. The average Bonchev–Trinajstić information content (AvgIpc) is 3.14. The number of carboxylic acids is 6. The van der Waals surface area contributed by atoms with Gasteiger partial charge in [-0.05, 0) is 12.8 Å². The van der Waals surface area contributed by atoms with Gasteiger partial charge >= 0.3 is 35.8 Å². The van der Waals surface area contributed by atoms with Crippen molar-refractivity contribution >= 4 is 35.8 Å². The quantitative estimate of drug-likeness (QED) is 0.0282. The molecule has 0 aromatic carbocycles. The predicted octanol–water partition coefficient (Wildman–Crippen LogP) is 7.22. The Kier molecular flexibility index (Phi) is 45.9. The van der Waals surface area contributed by atoms with Gasteiger partial charge in [-0.15, -0.1) is 0 Å². The highest BCUT2D eigenvalue weighted by molar-refractivity contribution is 5.90. The molecule has 0 bridgehead atoms. The molecular formula is C44H86O17. The summed E-state index contributed by atoms with van der Waals surface area (Å²) in [5.41, 5.74) is -5.57. The van der Waals surface area contributed by atoms with Crippen molar-refractivity contribution in [3.8, 4) is 0 Å². The van der Waals surface area contributed by atoms with Crippen LogP contribution in [-0.4, -0.2) is 104 Å². The molecule has 0 heterocycles. The van der Waals surface area contributed by atoms with Crippen LogP contribution in [0.1, 0.15) is 219 Å². The van der Waals surface area contributed by atoms with E-state index >= 15 is 0 Å². The molecule has 61 heavy (non-hydrogen) atoms. The maximum absolute atomic E-state index is 11.4. The molecule has 0 rings (SSSR count). The van der Waals surface area contributed by atoms with Crippen molar-refractivity contribution in [1.82, 2.24) is 0 Å². The number of hydrogen-bond donors (Lipinski definition) is 8. The first kappa shape index (κ1) is 66.7. The van der Waals surface area contributed by atoms with Crippen molar-refractivity contribution in [2.45, 2.75) is 231 Å². The maximum atomic E-state index is 11.4.